The summed E-state index contributed by atoms with van der Waals surface area (Å²) in [4.78, 5) is 22.9. The lowest BCUT2D eigenvalue weighted by molar-refractivity contribution is -0.116. The average molecular weight is 468 g/mol. The van der Waals surface area contributed by atoms with Gasteiger partial charge >= 0.3 is 0 Å². The zero-order valence-corrected chi connectivity index (χ0v) is 19.5. The van der Waals surface area contributed by atoms with E-state index in [2.05, 4.69) is 23.7 Å². The second kappa shape index (κ2) is 10.6. The molecule has 1 amide bonds. The number of carbonyl (C=O) groups excluding carboxylic acids is 1. The molecule has 0 saturated carbocycles. The number of carbonyl (C=O) groups is 1. The van der Waals surface area contributed by atoms with Crippen molar-refractivity contribution in [3.8, 4) is 0 Å². The Labute approximate surface area is 189 Å². The Kier molecular flexibility index (Phi) is 8.21. The molecule has 3 rings (SSSR count). The van der Waals surface area contributed by atoms with Gasteiger partial charge in [0, 0.05) is 23.0 Å². The Hall–Kier alpha value is -1.31. The fraction of sp³-hybridized carbons (Fsp3) is 0.333. The topological polar surface area (TPSA) is 36.4 Å². The molecule has 0 saturated heterocycles. The number of fused-ring (bicyclic) bond motifs is 1. The molecule has 0 aliphatic heterocycles. The van der Waals surface area contributed by atoms with E-state index >= 15 is 0 Å². The van der Waals surface area contributed by atoms with Crippen molar-refractivity contribution >= 4 is 67.6 Å². The number of nitrogens with zero attached hydrogens (tertiary/aromatic N) is 3. The number of amides is 1. The fourth-order valence-electron chi connectivity index (χ4n) is 2.88. The highest BCUT2D eigenvalue weighted by atomic mass is 35.5. The highest BCUT2D eigenvalue weighted by Crippen LogP contribution is 2.33. The summed E-state index contributed by atoms with van der Waals surface area (Å²) < 4.78 is 0.985. The Morgan fingerprint density at radius 3 is 2.45 bits per heavy atom. The molecule has 8 heteroatoms. The van der Waals surface area contributed by atoms with Crippen molar-refractivity contribution < 1.29 is 4.79 Å². The van der Waals surface area contributed by atoms with Gasteiger partial charge in [0.2, 0.25) is 5.91 Å². The first-order valence-corrected chi connectivity index (χ1v) is 12.0. The van der Waals surface area contributed by atoms with Gasteiger partial charge in [0.05, 0.1) is 15.5 Å². The van der Waals surface area contributed by atoms with Crippen LogP contribution in [-0.2, 0) is 4.79 Å². The molecule has 1 aromatic heterocycles. The second-order valence-electron chi connectivity index (χ2n) is 6.40. The van der Waals surface area contributed by atoms with Gasteiger partial charge in [-0.15, -0.1) is 11.8 Å². The minimum Gasteiger partial charge on any atom is -0.302 e. The molecule has 154 valence electrons. The lowest BCUT2D eigenvalue weighted by atomic mass is 10.3. The molecule has 0 radical (unpaired) electrons. The van der Waals surface area contributed by atoms with Crippen molar-refractivity contribution in [1.82, 2.24) is 9.88 Å². The maximum atomic E-state index is 13.1. The van der Waals surface area contributed by atoms with Gasteiger partial charge in [-0.2, -0.15) is 0 Å². The van der Waals surface area contributed by atoms with Crippen molar-refractivity contribution in [2.24, 2.45) is 0 Å². The number of likely N-dealkylation sites (N-methyl/N-ethyl adjacent to an activating group) is 1. The lowest BCUT2D eigenvalue weighted by Crippen LogP contribution is -2.39. The molecule has 1 heterocycles. The molecule has 4 nitrogen and oxygen atoms in total. The van der Waals surface area contributed by atoms with E-state index in [1.807, 2.05) is 42.5 Å². The highest BCUT2D eigenvalue weighted by molar-refractivity contribution is 8.00. The van der Waals surface area contributed by atoms with Crippen LogP contribution < -0.4 is 4.90 Å². The SMILES string of the molecule is CCN(CC)CCN(C(=O)CSc1ccc(Cl)cc1)c1nc2c(Cl)cccc2s1. The molecule has 0 atom stereocenters. The van der Waals surface area contributed by atoms with Crippen molar-refractivity contribution in [2.45, 2.75) is 18.7 Å². The maximum absolute atomic E-state index is 13.1. The van der Waals surface area contributed by atoms with Crippen molar-refractivity contribution in [1.29, 1.82) is 0 Å². The zero-order valence-electron chi connectivity index (χ0n) is 16.4. The number of thioether (sulfide) groups is 1. The summed E-state index contributed by atoms with van der Waals surface area (Å²) in [5, 5.41) is 1.99. The van der Waals surface area contributed by atoms with Gasteiger partial charge in [-0.05, 0) is 49.5 Å². The van der Waals surface area contributed by atoms with Crippen molar-refractivity contribution in [2.75, 3.05) is 36.8 Å². The van der Waals surface area contributed by atoms with Crippen LogP contribution in [-0.4, -0.2) is 47.7 Å². The van der Waals surface area contributed by atoms with E-state index in [-0.39, 0.29) is 5.91 Å². The lowest BCUT2D eigenvalue weighted by Gasteiger charge is -2.24. The highest BCUT2D eigenvalue weighted by Gasteiger charge is 2.21. The Morgan fingerprint density at radius 2 is 1.79 bits per heavy atom. The number of halogens is 2. The van der Waals surface area contributed by atoms with Crippen LogP contribution in [0.15, 0.2) is 47.4 Å². The first-order valence-electron chi connectivity index (χ1n) is 9.48. The zero-order chi connectivity index (χ0) is 20.8. The molecule has 0 spiro atoms. The van der Waals surface area contributed by atoms with Crippen LogP contribution >= 0.6 is 46.3 Å². The average Bonchev–Trinajstić information content (AvgIpc) is 3.16. The summed E-state index contributed by atoms with van der Waals surface area (Å²) in [5.74, 6) is 0.371. The van der Waals surface area contributed by atoms with E-state index in [0.29, 0.717) is 27.5 Å². The van der Waals surface area contributed by atoms with Gasteiger partial charge in [-0.1, -0.05) is 54.5 Å². The molecular formula is C21H23Cl2N3OS2. The molecule has 0 aliphatic carbocycles. The molecule has 0 fully saturated rings. The van der Waals surface area contributed by atoms with E-state index in [0.717, 1.165) is 34.7 Å². The molecule has 2 aromatic carbocycles. The van der Waals surface area contributed by atoms with Crippen molar-refractivity contribution in [3.63, 3.8) is 0 Å². The normalized spacial score (nSPS) is 11.3. The van der Waals surface area contributed by atoms with Gasteiger partial charge in [0.25, 0.3) is 0 Å². The van der Waals surface area contributed by atoms with E-state index in [9.17, 15) is 4.79 Å². The van der Waals surface area contributed by atoms with Crippen LogP contribution in [0.3, 0.4) is 0 Å². The van der Waals surface area contributed by atoms with E-state index in [1.54, 1.807) is 4.90 Å². The number of thiazole rings is 1. The van der Waals surface area contributed by atoms with Gasteiger partial charge in [-0.25, -0.2) is 4.98 Å². The third kappa shape index (κ3) is 5.86. The summed E-state index contributed by atoms with van der Waals surface area (Å²) in [7, 11) is 0. The number of hydrogen-bond acceptors (Lipinski definition) is 5. The third-order valence-corrected chi connectivity index (χ3v) is 7.20. The molecule has 0 aliphatic rings. The number of hydrogen-bond donors (Lipinski definition) is 0. The molecular weight excluding hydrogens is 445 g/mol. The minimum absolute atomic E-state index is 0.0345. The quantitative estimate of drug-likeness (QED) is 0.357. The predicted octanol–water partition coefficient (Wildman–Crippen LogP) is 6.07. The molecule has 29 heavy (non-hydrogen) atoms. The number of benzene rings is 2. The van der Waals surface area contributed by atoms with Gasteiger partial charge in [0.15, 0.2) is 5.13 Å². The van der Waals surface area contributed by atoms with Crippen LogP contribution in [0.4, 0.5) is 5.13 Å². The monoisotopic (exact) mass is 467 g/mol. The van der Waals surface area contributed by atoms with Crippen LogP contribution in [0.25, 0.3) is 10.2 Å². The summed E-state index contributed by atoms with van der Waals surface area (Å²) in [6, 6.07) is 13.2. The number of rotatable bonds is 9. The molecule has 3 aromatic rings. The standard InChI is InChI=1S/C21H23Cl2N3OS2/c1-3-25(4-2)12-13-26(19(27)14-28-16-10-8-15(22)9-11-16)21-24-20-17(23)6-5-7-18(20)29-21/h5-11H,3-4,12-14H2,1-2H3. The summed E-state index contributed by atoms with van der Waals surface area (Å²) in [5.41, 5.74) is 0.750. The van der Waals surface area contributed by atoms with Gasteiger partial charge in [-0.3, -0.25) is 9.69 Å². The van der Waals surface area contributed by atoms with Crippen LogP contribution in [0.1, 0.15) is 13.8 Å². The second-order valence-corrected chi connectivity index (χ2v) is 9.30. The summed E-state index contributed by atoms with van der Waals surface area (Å²) in [6.07, 6.45) is 0. The van der Waals surface area contributed by atoms with Crippen LogP contribution in [0, 0.1) is 0 Å². The van der Waals surface area contributed by atoms with E-state index in [1.165, 1.54) is 23.1 Å². The number of para-hydroxylation sites is 1. The predicted molar refractivity (Wildman–Crippen MR) is 127 cm³/mol. The van der Waals surface area contributed by atoms with Crippen LogP contribution in [0.2, 0.25) is 10.0 Å². The van der Waals surface area contributed by atoms with Crippen LogP contribution in [0.5, 0.6) is 0 Å². The van der Waals surface area contributed by atoms with E-state index < -0.39 is 0 Å². The first kappa shape index (κ1) is 22.4. The number of aromatic nitrogens is 1. The summed E-state index contributed by atoms with van der Waals surface area (Å²) in [6.45, 7) is 7.55. The smallest absolute Gasteiger partial charge is 0.239 e. The largest absolute Gasteiger partial charge is 0.302 e. The van der Waals surface area contributed by atoms with E-state index in [4.69, 9.17) is 23.2 Å². The Bertz CT molecular complexity index is 958. The molecule has 0 bridgehead atoms. The summed E-state index contributed by atoms with van der Waals surface area (Å²) >= 11 is 15.3. The van der Waals surface area contributed by atoms with Crippen molar-refractivity contribution in [3.05, 3.63) is 52.5 Å². The molecule has 0 N–H and O–H groups in total. The van der Waals surface area contributed by atoms with Gasteiger partial charge < -0.3 is 4.90 Å². The Balaban J connectivity index is 1.79. The number of anilines is 1. The fourth-order valence-corrected chi connectivity index (χ4v) is 5.09. The maximum Gasteiger partial charge on any atom is 0.239 e. The Morgan fingerprint density at radius 1 is 1.07 bits per heavy atom. The minimum atomic E-state index is 0.0345. The first-order chi connectivity index (χ1) is 14.0. The molecule has 0 unspecified atom stereocenters. The third-order valence-electron chi connectivity index (χ3n) is 4.60. The van der Waals surface area contributed by atoms with Gasteiger partial charge in [0.1, 0.15) is 5.52 Å².